The molecule has 3 atom stereocenters. The number of alkyl halides is 1. The van der Waals surface area contributed by atoms with Crippen molar-refractivity contribution in [3.63, 3.8) is 0 Å². The summed E-state index contributed by atoms with van der Waals surface area (Å²) >= 11 is 1.51. The Morgan fingerprint density at radius 1 is 1.10 bits per heavy atom. The van der Waals surface area contributed by atoms with Gasteiger partial charge < -0.3 is 45.3 Å². The number of aliphatic hydroxyl groups is 1. The fourth-order valence-electron chi connectivity index (χ4n) is 5.41. The van der Waals surface area contributed by atoms with Crippen molar-refractivity contribution < 1.29 is 42.8 Å². The van der Waals surface area contributed by atoms with E-state index in [1.54, 1.807) is 26.3 Å². The van der Waals surface area contributed by atoms with E-state index in [0.717, 1.165) is 16.1 Å². The lowest BCUT2D eigenvalue weighted by Gasteiger charge is -2.35. The molecule has 15 heteroatoms. The minimum absolute atomic E-state index is 0.0319. The zero-order chi connectivity index (χ0) is 35.6. The van der Waals surface area contributed by atoms with Gasteiger partial charge in [0.2, 0.25) is 11.8 Å². The molecule has 1 aliphatic carbocycles. The second-order valence-electron chi connectivity index (χ2n) is 13.4. The number of nitrogens with zero attached hydrogens (tertiary/aromatic N) is 2. The Hall–Kier alpha value is -3.21. The van der Waals surface area contributed by atoms with Gasteiger partial charge in [-0.15, -0.1) is 11.3 Å². The SMILES string of the molecule is Cc1ncsc1-c1ccc(CNC(=O)C2CC(O)CN2C(=O)[C@@H](NC(=O)C2(F)CC2)C(C)(C)C)c(OCCOCCOCCOCCN)c1. The first-order valence-electron chi connectivity index (χ1n) is 16.7. The number of aryl methyl sites for hydroxylation is 1. The monoisotopic (exact) mass is 707 g/mol. The van der Waals surface area contributed by atoms with E-state index in [1.165, 1.54) is 16.2 Å². The first-order chi connectivity index (χ1) is 23.3. The predicted octanol–water partition coefficient (Wildman–Crippen LogP) is 2.12. The normalized spacial score (nSPS) is 19.0. The molecule has 0 radical (unpaired) electrons. The smallest absolute Gasteiger partial charge is 0.258 e. The molecule has 0 spiro atoms. The van der Waals surface area contributed by atoms with Crippen molar-refractivity contribution in [3.05, 3.63) is 35.0 Å². The molecule has 2 heterocycles. The highest BCUT2D eigenvalue weighted by Gasteiger charge is 2.53. The molecule has 2 aromatic rings. The summed E-state index contributed by atoms with van der Waals surface area (Å²) in [6.07, 6.45) is -0.669. The number of carbonyl (C=O) groups excluding carboxylic acids is 3. The maximum absolute atomic E-state index is 14.5. The number of aliphatic hydroxyl groups excluding tert-OH is 1. The summed E-state index contributed by atoms with van der Waals surface area (Å²) < 4.78 is 37.0. The van der Waals surface area contributed by atoms with Crippen LogP contribution in [0.3, 0.4) is 0 Å². The highest BCUT2D eigenvalue weighted by Crippen LogP contribution is 2.40. The second kappa shape index (κ2) is 17.6. The van der Waals surface area contributed by atoms with Crippen LogP contribution < -0.4 is 21.1 Å². The third-order valence-electron chi connectivity index (χ3n) is 8.37. The highest BCUT2D eigenvalue weighted by molar-refractivity contribution is 7.13. The molecule has 2 unspecified atom stereocenters. The van der Waals surface area contributed by atoms with Gasteiger partial charge in [0.05, 0.1) is 61.8 Å². The molecule has 1 saturated heterocycles. The molecule has 13 nitrogen and oxygen atoms in total. The standard InChI is InChI=1S/C34H50FN5O8S/c1-22-28(49-21-38-22)23-5-6-24(27(17-23)48-16-15-47-14-13-46-12-11-45-10-9-36)19-37-30(42)26-18-25(41)20-40(26)31(43)29(33(2,3)4)39-32(44)34(35)7-8-34/h5-6,17,21,25-26,29,41H,7-16,18-20,36H2,1-4H3,(H,37,42)(H,39,44)/t25?,26?,29-/m1/s1. The van der Waals surface area contributed by atoms with E-state index in [2.05, 4.69) is 15.6 Å². The van der Waals surface area contributed by atoms with Crippen LogP contribution >= 0.6 is 11.3 Å². The topological polar surface area (TPSA) is 175 Å². The fraction of sp³-hybridized carbons (Fsp3) is 0.647. The summed E-state index contributed by atoms with van der Waals surface area (Å²) in [6, 6.07) is 3.64. The molecule has 272 valence electrons. The highest BCUT2D eigenvalue weighted by atomic mass is 32.1. The molecule has 1 aromatic heterocycles. The van der Waals surface area contributed by atoms with Gasteiger partial charge in [-0.25, -0.2) is 9.37 Å². The lowest BCUT2D eigenvalue weighted by molar-refractivity contribution is -0.145. The number of likely N-dealkylation sites (tertiary alicyclic amines) is 1. The maximum Gasteiger partial charge on any atom is 0.258 e. The predicted molar refractivity (Wildman–Crippen MR) is 182 cm³/mol. The second-order valence-corrected chi connectivity index (χ2v) is 14.3. The third kappa shape index (κ3) is 10.9. The molecule has 1 aliphatic heterocycles. The number of amides is 3. The molecule has 2 fully saturated rings. The Morgan fingerprint density at radius 3 is 2.35 bits per heavy atom. The molecule has 1 aromatic carbocycles. The van der Waals surface area contributed by atoms with Crippen LogP contribution in [0, 0.1) is 12.3 Å². The van der Waals surface area contributed by atoms with Gasteiger partial charge in [-0.05, 0) is 36.8 Å². The zero-order valence-electron chi connectivity index (χ0n) is 28.8. The number of benzene rings is 1. The summed E-state index contributed by atoms with van der Waals surface area (Å²) in [4.78, 5) is 46.5. The number of hydrogen-bond donors (Lipinski definition) is 4. The van der Waals surface area contributed by atoms with Crippen LogP contribution in [0.2, 0.25) is 0 Å². The first kappa shape index (κ1) is 38.6. The van der Waals surface area contributed by atoms with E-state index in [0.29, 0.717) is 57.5 Å². The summed E-state index contributed by atoms with van der Waals surface area (Å²) in [6.45, 7) is 10.5. The molecule has 1 saturated carbocycles. The first-order valence-corrected chi connectivity index (χ1v) is 17.6. The van der Waals surface area contributed by atoms with Gasteiger partial charge in [-0.3, -0.25) is 14.4 Å². The van der Waals surface area contributed by atoms with Gasteiger partial charge >= 0.3 is 0 Å². The van der Waals surface area contributed by atoms with Gasteiger partial charge in [0.25, 0.3) is 5.91 Å². The quantitative estimate of drug-likeness (QED) is 0.158. The number of aromatic nitrogens is 1. The summed E-state index contributed by atoms with van der Waals surface area (Å²) in [5.74, 6) is -1.27. The van der Waals surface area contributed by atoms with Gasteiger partial charge in [0, 0.05) is 31.6 Å². The molecule has 2 aliphatic rings. The van der Waals surface area contributed by atoms with Gasteiger partial charge in [0.1, 0.15) is 24.4 Å². The van der Waals surface area contributed by atoms with Crippen molar-refractivity contribution >= 4 is 29.1 Å². The molecule has 4 rings (SSSR count). The zero-order valence-corrected chi connectivity index (χ0v) is 29.6. The number of carbonyl (C=O) groups is 3. The summed E-state index contributed by atoms with van der Waals surface area (Å²) in [5, 5.41) is 16.0. The van der Waals surface area contributed by atoms with Crippen LogP contribution in [0.4, 0.5) is 4.39 Å². The fourth-order valence-corrected chi connectivity index (χ4v) is 6.21. The maximum atomic E-state index is 14.5. The Morgan fingerprint density at radius 2 is 1.76 bits per heavy atom. The minimum atomic E-state index is -1.96. The van der Waals surface area contributed by atoms with Crippen LogP contribution in [-0.2, 0) is 35.1 Å². The number of rotatable bonds is 19. The van der Waals surface area contributed by atoms with Gasteiger partial charge in [0.15, 0.2) is 5.67 Å². The van der Waals surface area contributed by atoms with Crippen LogP contribution in [0.5, 0.6) is 5.75 Å². The number of β-amino-alcohol motifs (C(OH)–C–C–N with tert-alkyl or cyclic N) is 1. The van der Waals surface area contributed by atoms with Crippen molar-refractivity contribution in [1.29, 1.82) is 0 Å². The van der Waals surface area contributed by atoms with Crippen LogP contribution in [-0.4, -0.2) is 116 Å². The number of ether oxygens (including phenoxy) is 4. The Kier molecular flexibility index (Phi) is 13.9. The Balaban J connectivity index is 1.38. The van der Waals surface area contributed by atoms with Gasteiger partial charge in [-0.1, -0.05) is 32.9 Å². The Bertz CT molecular complexity index is 1420. The number of thiazole rings is 1. The number of hydrogen-bond acceptors (Lipinski definition) is 11. The minimum Gasteiger partial charge on any atom is -0.491 e. The van der Waals surface area contributed by atoms with Crippen molar-refractivity contribution in [1.82, 2.24) is 20.5 Å². The average Bonchev–Trinajstić information content (AvgIpc) is 3.47. The molecule has 0 bridgehead atoms. The number of nitrogens with one attached hydrogen (secondary N) is 2. The average molecular weight is 708 g/mol. The number of halogens is 1. The van der Waals surface area contributed by atoms with E-state index < -0.39 is 47.0 Å². The van der Waals surface area contributed by atoms with Crippen LogP contribution in [0.25, 0.3) is 10.4 Å². The molecular weight excluding hydrogens is 657 g/mol. The molecule has 49 heavy (non-hydrogen) atoms. The molecular formula is C34H50FN5O8S. The Labute approximate surface area is 291 Å². The van der Waals surface area contributed by atoms with Crippen LogP contribution in [0.15, 0.2) is 23.7 Å². The van der Waals surface area contributed by atoms with E-state index in [4.69, 9.17) is 24.7 Å². The third-order valence-corrected chi connectivity index (χ3v) is 9.35. The number of nitrogens with two attached hydrogens (primary N) is 1. The van der Waals surface area contributed by atoms with Gasteiger partial charge in [-0.2, -0.15) is 0 Å². The van der Waals surface area contributed by atoms with Crippen molar-refractivity contribution in [2.75, 3.05) is 59.3 Å². The van der Waals surface area contributed by atoms with Crippen LogP contribution in [0.1, 0.15) is 51.3 Å². The van der Waals surface area contributed by atoms with Crippen molar-refractivity contribution in [2.45, 2.75) is 77.4 Å². The van der Waals surface area contributed by atoms with E-state index in [9.17, 15) is 23.9 Å². The summed E-state index contributed by atoms with van der Waals surface area (Å²) in [7, 11) is 0. The van der Waals surface area contributed by atoms with Crippen molar-refractivity contribution in [2.24, 2.45) is 11.1 Å². The van der Waals surface area contributed by atoms with Crippen molar-refractivity contribution in [3.8, 4) is 16.2 Å². The lowest BCUT2D eigenvalue weighted by atomic mass is 9.85. The van der Waals surface area contributed by atoms with E-state index >= 15 is 0 Å². The van der Waals surface area contributed by atoms with E-state index in [1.807, 2.05) is 25.1 Å². The summed E-state index contributed by atoms with van der Waals surface area (Å²) in [5.41, 5.74) is 6.95. The molecule has 3 amide bonds. The van der Waals surface area contributed by atoms with E-state index in [-0.39, 0.29) is 39.0 Å². The lowest BCUT2D eigenvalue weighted by Crippen LogP contribution is -2.59. The largest absolute Gasteiger partial charge is 0.491 e. The molecule has 5 N–H and O–H groups in total.